The Kier molecular flexibility index (Phi) is 5.95. The Labute approximate surface area is 142 Å². The third-order valence-electron chi connectivity index (χ3n) is 4.61. The number of hydrogen-bond donors (Lipinski definition) is 2. The Morgan fingerprint density at radius 3 is 2.46 bits per heavy atom. The highest BCUT2D eigenvalue weighted by Gasteiger charge is 2.26. The van der Waals surface area contributed by atoms with Crippen molar-refractivity contribution < 1.29 is 14.4 Å². The molecule has 2 rings (SSSR count). The van der Waals surface area contributed by atoms with Crippen LogP contribution in [0.15, 0.2) is 18.2 Å². The molecule has 1 aromatic rings. The van der Waals surface area contributed by atoms with Crippen molar-refractivity contribution in [3.63, 3.8) is 0 Å². The molecule has 3 amide bonds. The standard InChI is InChI=1S/C18H25N3O3/c1-12-5-4-6-16(13(12)2)20-17(23)11-19-18(24)15-7-9-21(10-8-15)14(3)22/h4-6,15H,7-11H2,1-3H3,(H,19,24)(H,20,23). The molecule has 1 aliphatic rings. The van der Waals surface area contributed by atoms with Crippen molar-refractivity contribution in [3.8, 4) is 0 Å². The van der Waals surface area contributed by atoms with E-state index < -0.39 is 0 Å². The summed E-state index contributed by atoms with van der Waals surface area (Å²) in [6.45, 7) is 6.63. The van der Waals surface area contributed by atoms with Gasteiger partial charge in [0.15, 0.2) is 0 Å². The first-order valence-electron chi connectivity index (χ1n) is 8.27. The smallest absolute Gasteiger partial charge is 0.243 e. The molecule has 1 fully saturated rings. The minimum absolute atomic E-state index is 0.0425. The van der Waals surface area contributed by atoms with E-state index in [4.69, 9.17) is 0 Å². The number of amides is 3. The van der Waals surface area contributed by atoms with Gasteiger partial charge in [-0.05, 0) is 43.9 Å². The average molecular weight is 331 g/mol. The van der Waals surface area contributed by atoms with Crippen LogP contribution in [-0.4, -0.2) is 42.3 Å². The van der Waals surface area contributed by atoms with Crippen molar-refractivity contribution in [2.75, 3.05) is 25.0 Å². The first kappa shape index (κ1) is 18.0. The molecule has 0 bridgehead atoms. The zero-order valence-electron chi connectivity index (χ0n) is 14.5. The molecule has 0 saturated carbocycles. The maximum Gasteiger partial charge on any atom is 0.243 e. The molecular formula is C18H25N3O3. The number of nitrogens with one attached hydrogen (secondary N) is 2. The van der Waals surface area contributed by atoms with Crippen LogP contribution in [-0.2, 0) is 14.4 Å². The van der Waals surface area contributed by atoms with E-state index in [1.807, 2.05) is 32.0 Å². The molecule has 0 unspecified atom stereocenters. The van der Waals surface area contributed by atoms with Crippen LogP contribution >= 0.6 is 0 Å². The van der Waals surface area contributed by atoms with Gasteiger partial charge >= 0.3 is 0 Å². The van der Waals surface area contributed by atoms with Gasteiger partial charge in [-0.1, -0.05) is 12.1 Å². The number of piperidine rings is 1. The lowest BCUT2D eigenvalue weighted by molar-refractivity contribution is -0.134. The van der Waals surface area contributed by atoms with Crippen LogP contribution in [0.2, 0.25) is 0 Å². The fourth-order valence-electron chi connectivity index (χ4n) is 2.85. The zero-order valence-corrected chi connectivity index (χ0v) is 14.5. The summed E-state index contributed by atoms with van der Waals surface area (Å²) >= 11 is 0. The molecular weight excluding hydrogens is 306 g/mol. The number of carbonyl (C=O) groups is 3. The van der Waals surface area contributed by atoms with E-state index in [2.05, 4.69) is 10.6 Å². The molecule has 1 aliphatic heterocycles. The van der Waals surface area contributed by atoms with Crippen LogP contribution in [0.1, 0.15) is 30.9 Å². The molecule has 0 aliphatic carbocycles. The lowest BCUT2D eigenvalue weighted by atomic mass is 9.96. The molecule has 1 heterocycles. The third-order valence-corrected chi connectivity index (χ3v) is 4.61. The minimum Gasteiger partial charge on any atom is -0.347 e. The number of likely N-dealkylation sites (tertiary alicyclic amines) is 1. The van der Waals surface area contributed by atoms with Gasteiger partial charge < -0.3 is 15.5 Å². The predicted molar refractivity (Wildman–Crippen MR) is 92.5 cm³/mol. The largest absolute Gasteiger partial charge is 0.347 e. The summed E-state index contributed by atoms with van der Waals surface area (Å²) in [4.78, 5) is 37.2. The highest BCUT2D eigenvalue weighted by molar-refractivity contribution is 5.95. The van der Waals surface area contributed by atoms with Gasteiger partial charge in [0.2, 0.25) is 17.7 Å². The first-order valence-corrected chi connectivity index (χ1v) is 8.27. The van der Waals surface area contributed by atoms with Crippen molar-refractivity contribution >= 4 is 23.4 Å². The van der Waals surface area contributed by atoms with Crippen molar-refractivity contribution in [2.24, 2.45) is 5.92 Å². The topological polar surface area (TPSA) is 78.5 Å². The maximum absolute atomic E-state index is 12.2. The molecule has 0 spiro atoms. The van der Waals surface area contributed by atoms with E-state index in [0.717, 1.165) is 16.8 Å². The lowest BCUT2D eigenvalue weighted by Gasteiger charge is -2.30. The lowest BCUT2D eigenvalue weighted by Crippen LogP contribution is -2.43. The molecule has 1 aromatic carbocycles. The molecule has 0 aromatic heterocycles. The molecule has 0 radical (unpaired) electrons. The number of carbonyl (C=O) groups excluding carboxylic acids is 3. The van der Waals surface area contributed by atoms with Crippen molar-refractivity contribution in [3.05, 3.63) is 29.3 Å². The van der Waals surface area contributed by atoms with Crippen molar-refractivity contribution in [1.82, 2.24) is 10.2 Å². The highest BCUT2D eigenvalue weighted by atomic mass is 16.2. The van der Waals surface area contributed by atoms with E-state index in [1.165, 1.54) is 6.92 Å². The summed E-state index contributed by atoms with van der Waals surface area (Å²) in [6.07, 6.45) is 1.29. The monoisotopic (exact) mass is 331 g/mol. The van der Waals surface area contributed by atoms with E-state index in [1.54, 1.807) is 4.90 Å². The second kappa shape index (κ2) is 7.95. The number of hydrogen-bond acceptors (Lipinski definition) is 3. The van der Waals surface area contributed by atoms with Gasteiger partial charge in [0.1, 0.15) is 0 Å². The van der Waals surface area contributed by atoms with Gasteiger partial charge in [-0.25, -0.2) is 0 Å². The Balaban J connectivity index is 1.78. The number of aryl methyl sites for hydroxylation is 1. The van der Waals surface area contributed by atoms with Crippen LogP contribution in [0.25, 0.3) is 0 Å². The van der Waals surface area contributed by atoms with Gasteiger partial charge in [0, 0.05) is 31.6 Å². The molecule has 130 valence electrons. The van der Waals surface area contributed by atoms with E-state index in [9.17, 15) is 14.4 Å². The number of anilines is 1. The molecule has 6 nitrogen and oxygen atoms in total. The Morgan fingerprint density at radius 1 is 1.17 bits per heavy atom. The second-order valence-corrected chi connectivity index (χ2v) is 6.29. The van der Waals surface area contributed by atoms with E-state index in [-0.39, 0.29) is 30.2 Å². The van der Waals surface area contributed by atoms with Crippen molar-refractivity contribution in [1.29, 1.82) is 0 Å². The number of rotatable bonds is 4. The molecule has 6 heteroatoms. The van der Waals surface area contributed by atoms with Crippen molar-refractivity contribution in [2.45, 2.75) is 33.6 Å². The van der Waals surface area contributed by atoms with Crippen LogP contribution in [0.4, 0.5) is 5.69 Å². The van der Waals surface area contributed by atoms with Crippen LogP contribution in [0.5, 0.6) is 0 Å². The predicted octanol–water partition coefficient (Wildman–Crippen LogP) is 1.62. The summed E-state index contributed by atoms with van der Waals surface area (Å²) < 4.78 is 0. The Hall–Kier alpha value is -2.37. The third kappa shape index (κ3) is 4.57. The van der Waals surface area contributed by atoms with Gasteiger partial charge in [-0.15, -0.1) is 0 Å². The van der Waals surface area contributed by atoms with E-state index in [0.29, 0.717) is 25.9 Å². The summed E-state index contributed by atoms with van der Waals surface area (Å²) in [7, 11) is 0. The summed E-state index contributed by atoms with van der Waals surface area (Å²) in [5.41, 5.74) is 2.90. The van der Waals surface area contributed by atoms with E-state index >= 15 is 0 Å². The maximum atomic E-state index is 12.2. The summed E-state index contributed by atoms with van der Waals surface area (Å²) in [5.74, 6) is -0.441. The molecule has 24 heavy (non-hydrogen) atoms. The second-order valence-electron chi connectivity index (χ2n) is 6.29. The SMILES string of the molecule is CC(=O)N1CCC(C(=O)NCC(=O)Nc2cccc(C)c2C)CC1. The fourth-order valence-corrected chi connectivity index (χ4v) is 2.85. The zero-order chi connectivity index (χ0) is 17.7. The average Bonchev–Trinajstić information content (AvgIpc) is 2.57. The van der Waals surface area contributed by atoms with Gasteiger partial charge in [-0.2, -0.15) is 0 Å². The number of nitrogens with zero attached hydrogens (tertiary/aromatic N) is 1. The van der Waals surface area contributed by atoms with Gasteiger partial charge in [-0.3, -0.25) is 14.4 Å². The van der Waals surface area contributed by atoms with Crippen LogP contribution < -0.4 is 10.6 Å². The highest BCUT2D eigenvalue weighted by Crippen LogP contribution is 2.18. The first-order chi connectivity index (χ1) is 11.4. The van der Waals surface area contributed by atoms with Gasteiger partial charge in [0.25, 0.3) is 0 Å². The molecule has 2 N–H and O–H groups in total. The van der Waals surface area contributed by atoms with Gasteiger partial charge in [0.05, 0.1) is 6.54 Å². The minimum atomic E-state index is -0.238. The number of benzene rings is 1. The van der Waals surface area contributed by atoms with Crippen LogP contribution in [0, 0.1) is 19.8 Å². The molecule has 1 saturated heterocycles. The quantitative estimate of drug-likeness (QED) is 0.880. The fraction of sp³-hybridized carbons (Fsp3) is 0.500. The summed E-state index contributed by atoms with van der Waals surface area (Å²) in [6, 6.07) is 5.72. The van der Waals surface area contributed by atoms with Crippen LogP contribution in [0.3, 0.4) is 0 Å². The summed E-state index contributed by atoms with van der Waals surface area (Å²) in [5, 5.41) is 5.52. The molecule has 0 atom stereocenters. The Bertz CT molecular complexity index is 634. The normalized spacial score (nSPS) is 15.0. The Morgan fingerprint density at radius 2 is 1.83 bits per heavy atom.